The van der Waals surface area contributed by atoms with Crippen LogP contribution in [0.5, 0.6) is 0 Å². The van der Waals surface area contributed by atoms with Crippen molar-refractivity contribution in [2.24, 2.45) is 5.73 Å². The molecule has 0 amide bonds. The van der Waals surface area contributed by atoms with E-state index in [1.165, 1.54) is 12.3 Å². The molecule has 7 heteroatoms. The predicted molar refractivity (Wildman–Crippen MR) is 86.8 cm³/mol. The molecule has 0 unspecified atom stereocenters. The second kappa shape index (κ2) is 5.79. The third-order valence-electron chi connectivity index (χ3n) is 3.04. The molecule has 0 atom stereocenters. The molecule has 0 bridgehead atoms. The average molecular weight is 321 g/mol. The van der Waals surface area contributed by atoms with Crippen molar-refractivity contribution in [2.75, 3.05) is 4.72 Å². The molecule has 1 aromatic heterocycles. The van der Waals surface area contributed by atoms with Gasteiger partial charge in [-0.15, -0.1) is 0 Å². The lowest BCUT2D eigenvalue weighted by Gasteiger charge is -2.11. The van der Waals surface area contributed by atoms with E-state index in [1.54, 1.807) is 38.2 Å². The van der Waals surface area contributed by atoms with E-state index in [4.69, 9.17) is 18.0 Å². The summed E-state index contributed by atoms with van der Waals surface area (Å²) in [5.74, 6) is 0. The number of thiocarbonyl (C=S) groups is 1. The molecule has 110 valence electrons. The van der Waals surface area contributed by atoms with Gasteiger partial charge in [-0.1, -0.05) is 18.3 Å². The monoisotopic (exact) mass is 321 g/mol. The van der Waals surface area contributed by atoms with E-state index in [2.05, 4.69) is 9.71 Å². The number of benzene rings is 1. The maximum absolute atomic E-state index is 12.4. The normalized spacial score (nSPS) is 11.1. The molecule has 5 nitrogen and oxygen atoms in total. The highest BCUT2D eigenvalue weighted by molar-refractivity contribution is 7.92. The van der Waals surface area contributed by atoms with Gasteiger partial charge in [0, 0.05) is 18.0 Å². The molecule has 0 saturated carbocycles. The molecule has 1 heterocycles. The van der Waals surface area contributed by atoms with Crippen LogP contribution in [0.2, 0.25) is 0 Å². The Hall–Kier alpha value is -1.99. The lowest BCUT2D eigenvalue weighted by atomic mass is 10.1. The number of nitrogens with one attached hydrogen (secondary N) is 1. The van der Waals surface area contributed by atoms with Gasteiger partial charge in [-0.05, 0) is 43.2 Å². The zero-order chi connectivity index (χ0) is 15.6. The second-order valence-electron chi connectivity index (χ2n) is 4.64. The minimum Gasteiger partial charge on any atom is -0.389 e. The lowest BCUT2D eigenvalue weighted by Crippen LogP contribution is -2.16. The van der Waals surface area contributed by atoms with Crippen LogP contribution < -0.4 is 10.5 Å². The van der Waals surface area contributed by atoms with Crippen LogP contribution in [-0.2, 0) is 10.0 Å². The van der Waals surface area contributed by atoms with E-state index in [0.29, 0.717) is 11.3 Å². The molecular formula is C14H15N3O2S2. The van der Waals surface area contributed by atoms with E-state index < -0.39 is 10.0 Å². The van der Waals surface area contributed by atoms with Gasteiger partial charge in [-0.2, -0.15) is 0 Å². The highest BCUT2D eigenvalue weighted by Gasteiger charge is 2.16. The Bertz CT molecular complexity index is 802. The molecular weight excluding hydrogens is 306 g/mol. The fraction of sp³-hybridized carbons (Fsp3) is 0.143. The third kappa shape index (κ3) is 3.37. The van der Waals surface area contributed by atoms with E-state index in [0.717, 1.165) is 11.1 Å². The Morgan fingerprint density at radius 2 is 1.95 bits per heavy atom. The molecule has 0 saturated heterocycles. The molecule has 0 radical (unpaired) electrons. The number of rotatable bonds is 4. The number of anilines is 1. The van der Waals surface area contributed by atoms with Crippen molar-refractivity contribution in [1.29, 1.82) is 0 Å². The van der Waals surface area contributed by atoms with Gasteiger partial charge in [0.15, 0.2) is 0 Å². The van der Waals surface area contributed by atoms with Crippen LogP contribution in [0.1, 0.15) is 16.7 Å². The maximum Gasteiger partial charge on any atom is 0.261 e. The van der Waals surface area contributed by atoms with Crippen molar-refractivity contribution in [3.8, 4) is 0 Å². The Kier molecular flexibility index (Phi) is 4.24. The minimum absolute atomic E-state index is 0.163. The molecule has 2 rings (SSSR count). The first-order valence-electron chi connectivity index (χ1n) is 6.15. The molecule has 21 heavy (non-hydrogen) atoms. The second-order valence-corrected chi connectivity index (χ2v) is 6.76. The largest absolute Gasteiger partial charge is 0.389 e. The molecule has 2 aromatic rings. The van der Waals surface area contributed by atoms with E-state index in [1.807, 2.05) is 0 Å². The number of sulfonamides is 1. The molecule has 0 aliphatic heterocycles. The van der Waals surface area contributed by atoms with E-state index in [9.17, 15) is 8.42 Å². The number of nitrogens with zero attached hydrogens (tertiary/aromatic N) is 1. The molecule has 0 fully saturated rings. The van der Waals surface area contributed by atoms with E-state index in [-0.39, 0.29) is 9.88 Å². The van der Waals surface area contributed by atoms with Crippen LogP contribution in [0.3, 0.4) is 0 Å². The standard InChI is InChI=1S/C14H15N3O2S2/c1-9-7-11(3-4-12(9)14(15)20)21(18,19)17-13-5-6-16-8-10(13)2/h3-8H,1-2H3,(H2,15,20)(H,16,17). The highest BCUT2D eigenvalue weighted by Crippen LogP contribution is 2.20. The first-order valence-corrected chi connectivity index (χ1v) is 8.04. The van der Waals surface area contributed by atoms with Crippen molar-refractivity contribution in [3.05, 3.63) is 53.3 Å². The summed E-state index contributed by atoms with van der Waals surface area (Å²) in [4.78, 5) is 4.34. The molecule has 0 aliphatic rings. The first-order chi connectivity index (χ1) is 9.81. The number of aryl methyl sites for hydroxylation is 2. The van der Waals surface area contributed by atoms with Gasteiger partial charge < -0.3 is 5.73 Å². The topological polar surface area (TPSA) is 85.1 Å². The van der Waals surface area contributed by atoms with Crippen LogP contribution in [0, 0.1) is 13.8 Å². The van der Waals surface area contributed by atoms with Gasteiger partial charge in [0.1, 0.15) is 4.99 Å². The molecule has 0 aliphatic carbocycles. The Labute approximate surface area is 129 Å². The summed E-state index contributed by atoms with van der Waals surface area (Å²) in [5.41, 5.74) is 8.21. The van der Waals surface area contributed by atoms with Gasteiger partial charge in [-0.3, -0.25) is 9.71 Å². The van der Waals surface area contributed by atoms with Crippen molar-refractivity contribution in [3.63, 3.8) is 0 Å². The van der Waals surface area contributed by atoms with Crippen LogP contribution in [0.4, 0.5) is 5.69 Å². The molecule has 1 aromatic carbocycles. The summed E-state index contributed by atoms with van der Waals surface area (Å²) in [6.45, 7) is 3.55. The number of hydrogen-bond acceptors (Lipinski definition) is 4. The van der Waals surface area contributed by atoms with Crippen LogP contribution in [0.25, 0.3) is 0 Å². The van der Waals surface area contributed by atoms with Crippen LogP contribution in [-0.4, -0.2) is 18.4 Å². The molecule has 0 spiro atoms. The summed E-state index contributed by atoms with van der Waals surface area (Å²) >= 11 is 4.91. The summed E-state index contributed by atoms with van der Waals surface area (Å²) in [7, 11) is -3.66. The Morgan fingerprint density at radius 3 is 2.52 bits per heavy atom. The van der Waals surface area contributed by atoms with Crippen molar-refractivity contribution in [2.45, 2.75) is 18.7 Å². The number of hydrogen-bond donors (Lipinski definition) is 2. The SMILES string of the molecule is Cc1cnccc1NS(=O)(=O)c1ccc(C(N)=S)c(C)c1. The van der Waals surface area contributed by atoms with Crippen LogP contribution in [0.15, 0.2) is 41.6 Å². The highest BCUT2D eigenvalue weighted by atomic mass is 32.2. The number of nitrogens with two attached hydrogens (primary N) is 1. The van der Waals surface area contributed by atoms with E-state index >= 15 is 0 Å². The fourth-order valence-electron chi connectivity index (χ4n) is 1.87. The zero-order valence-corrected chi connectivity index (χ0v) is 13.3. The summed E-state index contributed by atoms with van der Waals surface area (Å²) < 4.78 is 27.3. The van der Waals surface area contributed by atoms with Gasteiger partial charge in [-0.25, -0.2) is 8.42 Å². The smallest absolute Gasteiger partial charge is 0.261 e. The minimum atomic E-state index is -3.66. The van der Waals surface area contributed by atoms with Gasteiger partial charge in [0.2, 0.25) is 0 Å². The maximum atomic E-state index is 12.4. The fourth-order valence-corrected chi connectivity index (χ4v) is 3.32. The van der Waals surface area contributed by atoms with Crippen molar-refractivity contribution >= 4 is 32.9 Å². The van der Waals surface area contributed by atoms with Crippen LogP contribution >= 0.6 is 12.2 Å². The van der Waals surface area contributed by atoms with Gasteiger partial charge in [0.25, 0.3) is 10.0 Å². The van der Waals surface area contributed by atoms with Crippen molar-refractivity contribution < 1.29 is 8.42 Å². The number of pyridine rings is 1. The summed E-state index contributed by atoms with van der Waals surface area (Å²) in [6, 6.07) is 6.27. The number of aromatic nitrogens is 1. The lowest BCUT2D eigenvalue weighted by molar-refractivity contribution is 0.601. The predicted octanol–water partition coefficient (Wildman–Crippen LogP) is 2.13. The Balaban J connectivity index is 2.39. The quantitative estimate of drug-likeness (QED) is 0.843. The third-order valence-corrected chi connectivity index (χ3v) is 4.62. The first kappa shape index (κ1) is 15.4. The summed E-state index contributed by atoms with van der Waals surface area (Å²) in [5, 5.41) is 0. The average Bonchev–Trinajstić information content (AvgIpc) is 2.40. The summed E-state index contributed by atoms with van der Waals surface area (Å²) in [6.07, 6.45) is 3.13. The molecule has 3 N–H and O–H groups in total. The van der Waals surface area contributed by atoms with Gasteiger partial charge in [0.05, 0.1) is 10.6 Å². The Morgan fingerprint density at radius 1 is 1.24 bits per heavy atom. The van der Waals surface area contributed by atoms with Crippen molar-refractivity contribution in [1.82, 2.24) is 4.98 Å². The zero-order valence-electron chi connectivity index (χ0n) is 11.6. The van der Waals surface area contributed by atoms with Gasteiger partial charge >= 0.3 is 0 Å².